The van der Waals surface area contributed by atoms with Crippen LogP contribution in [-0.4, -0.2) is 13.7 Å². The molecule has 238 valence electrons. The van der Waals surface area contributed by atoms with Crippen molar-refractivity contribution >= 4 is 65.4 Å². The van der Waals surface area contributed by atoms with Gasteiger partial charge in [-0.1, -0.05) is 133 Å². The smallest absolute Gasteiger partial charge is 0.0782 e. The highest BCUT2D eigenvalue weighted by Crippen LogP contribution is 2.42. The van der Waals surface area contributed by atoms with E-state index < -0.39 is 188 Å². The summed E-state index contributed by atoms with van der Waals surface area (Å²) in [6.07, 6.45) is 0. The molecule has 3 heterocycles. The van der Waals surface area contributed by atoms with Crippen molar-refractivity contribution in [1.29, 1.82) is 0 Å². The number of aromatic nitrogens is 3. The second-order valence-electron chi connectivity index (χ2n) is 11.7. The van der Waals surface area contributed by atoms with E-state index in [9.17, 15) is 16.4 Å². The largest absolute Gasteiger partial charge is 0.309 e. The molecule has 51 heavy (non-hydrogen) atoms. The van der Waals surface area contributed by atoms with Crippen molar-refractivity contribution in [1.82, 2.24) is 13.7 Å². The van der Waals surface area contributed by atoms with Crippen molar-refractivity contribution in [3.05, 3.63) is 188 Å². The van der Waals surface area contributed by atoms with Gasteiger partial charge in [0, 0.05) is 38.0 Å². The van der Waals surface area contributed by atoms with Crippen molar-refractivity contribution in [2.45, 2.75) is 0 Å². The lowest BCUT2D eigenvalue weighted by atomic mass is 10.1. The molecule has 3 aromatic heterocycles. The monoisotopic (exact) mass is 671 g/mol. The lowest BCUT2D eigenvalue weighted by Crippen LogP contribution is -2.01. The van der Waals surface area contributed by atoms with Gasteiger partial charge in [0.1, 0.15) is 0 Å². The van der Waals surface area contributed by atoms with E-state index in [1.54, 1.807) is 24.3 Å². The Balaban J connectivity index is 1.46. The van der Waals surface area contributed by atoms with Gasteiger partial charge in [-0.2, -0.15) is 0 Å². The highest BCUT2D eigenvalue weighted by molar-refractivity contribution is 6.18. The zero-order valence-corrected chi connectivity index (χ0v) is 26.0. The maximum Gasteiger partial charge on any atom is 0.0782 e. The van der Waals surface area contributed by atoms with Crippen molar-refractivity contribution in [2.75, 3.05) is 0 Å². The second-order valence-corrected chi connectivity index (χ2v) is 11.7. The van der Waals surface area contributed by atoms with E-state index in [4.69, 9.17) is 13.7 Å². The lowest BCUT2D eigenvalue weighted by molar-refractivity contribution is 1.13. The third kappa shape index (κ3) is 4.00. The third-order valence-corrected chi connectivity index (χ3v) is 9.11. The van der Waals surface area contributed by atoms with Gasteiger partial charge in [0.15, 0.2) is 0 Å². The fourth-order valence-corrected chi connectivity index (χ4v) is 7.00. The first kappa shape index (κ1) is 14.2. The number of para-hydroxylation sites is 5. The van der Waals surface area contributed by atoms with E-state index in [0.29, 0.717) is 0 Å². The van der Waals surface area contributed by atoms with Crippen LogP contribution in [0.15, 0.2) is 188 Å². The third-order valence-electron chi connectivity index (χ3n) is 9.11. The van der Waals surface area contributed by atoms with Crippen LogP contribution < -0.4 is 0 Å². The van der Waals surface area contributed by atoms with Gasteiger partial charge in [-0.3, -0.25) is 0 Å². The molecule has 0 aliphatic rings. The molecule has 0 saturated heterocycles. The van der Waals surface area contributed by atoms with Gasteiger partial charge < -0.3 is 13.7 Å². The maximum absolute atomic E-state index is 9.78. The molecule has 0 amide bonds. The van der Waals surface area contributed by atoms with Crippen molar-refractivity contribution in [3.8, 4) is 28.2 Å². The quantitative estimate of drug-likeness (QED) is 0.177. The zero-order chi connectivity index (χ0) is 52.6. The Morgan fingerprint density at radius 3 is 1.45 bits per heavy atom. The Morgan fingerprint density at radius 2 is 0.784 bits per heavy atom. The van der Waals surface area contributed by atoms with Crippen molar-refractivity contribution in [2.24, 2.45) is 0 Å². The Labute approximate surface area is 325 Å². The molecule has 0 aliphatic heterocycles. The minimum absolute atomic E-state index is 0.195. The molecule has 0 fully saturated rings. The van der Waals surface area contributed by atoms with Crippen LogP contribution in [0.4, 0.5) is 0 Å². The summed E-state index contributed by atoms with van der Waals surface area (Å²) in [4.78, 5) is 0. The first-order valence-corrected chi connectivity index (χ1v) is 15.7. The molecular formula is C48H31N3. The number of fused-ring (bicyclic) bond motifs is 9. The van der Waals surface area contributed by atoms with E-state index >= 15 is 0 Å². The maximum atomic E-state index is 9.78. The Bertz CT molecular complexity index is 4310. The van der Waals surface area contributed by atoms with Crippen molar-refractivity contribution in [3.63, 3.8) is 0 Å². The summed E-state index contributed by atoms with van der Waals surface area (Å²) in [5, 5.41) is -2.38. The fraction of sp³-hybridized carbons (Fsp3) is 0. The summed E-state index contributed by atoms with van der Waals surface area (Å²) in [6.45, 7) is 0. The number of nitrogens with zero attached hydrogens (tertiary/aromatic N) is 3. The molecule has 8 aromatic carbocycles. The molecule has 11 aromatic rings. The molecule has 0 aliphatic carbocycles. The normalized spacial score (nSPS) is 18.0. The average molecular weight is 672 g/mol. The van der Waals surface area contributed by atoms with Crippen molar-refractivity contribution < 1.29 is 30.2 Å². The van der Waals surface area contributed by atoms with Gasteiger partial charge in [0.05, 0.1) is 74.6 Å². The molecule has 0 atom stereocenters. The van der Waals surface area contributed by atoms with E-state index in [2.05, 4.69) is 0 Å². The average Bonchev–Trinajstić information content (AvgIpc) is 4.05. The van der Waals surface area contributed by atoms with Gasteiger partial charge in [-0.05, 0) is 65.6 Å². The van der Waals surface area contributed by atoms with Crippen LogP contribution in [0.2, 0.25) is 0 Å². The zero-order valence-electron chi connectivity index (χ0n) is 48.0. The topological polar surface area (TPSA) is 14.8 Å². The summed E-state index contributed by atoms with van der Waals surface area (Å²) in [6, 6.07) is -1.33. The molecule has 3 heteroatoms. The molecular weight excluding hydrogens is 619 g/mol. The van der Waals surface area contributed by atoms with Gasteiger partial charge in [-0.25, -0.2) is 0 Å². The van der Waals surface area contributed by atoms with Gasteiger partial charge in [0.2, 0.25) is 0 Å². The van der Waals surface area contributed by atoms with Gasteiger partial charge in [0.25, 0.3) is 0 Å². The molecule has 0 unspecified atom stereocenters. The van der Waals surface area contributed by atoms with Crippen LogP contribution in [0.3, 0.4) is 0 Å². The van der Waals surface area contributed by atoms with Gasteiger partial charge >= 0.3 is 0 Å². The van der Waals surface area contributed by atoms with E-state index in [0.717, 1.165) is 20.3 Å². The van der Waals surface area contributed by atoms with Crippen LogP contribution in [0, 0.1) is 0 Å². The number of benzene rings is 8. The standard InChI is InChI=1S/C48H31N3/c1-2-14-32(15-3-1)33-28-30-34(31-29-33)49-40-21-8-6-18-37(40)38-20-12-27-46(48(38)49)51-43-24-11-7-19-39(43)47-44(25-13-26-45(47)51)50-41-22-9-4-16-35(41)36-17-5-10-23-42(36)50/h1-31H/i4D,5D,6D,7D,8D,9D,10D,11D,12D,13D,16D,17D,18D,19D,20D,21D,22D,23D,24D,25D,26D,27D. The van der Waals surface area contributed by atoms with E-state index in [1.807, 2.05) is 30.3 Å². The van der Waals surface area contributed by atoms with Crippen LogP contribution >= 0.6 is 0 Å². The highest BCUT2D eigenvalue weighted by atomic mass is 15.1. The minimum atomic E-state index is -0.930. The van der Waals surface area contributed by atoms with E-state index in [1.165, 1.54) is 4.57 Å². The molecule has 0 radical (unpaired) electrons. The minimum Gasteiger partial charge on any atom is -0.309 e. The Morgan fingerprint density at radius 1 is 0.333 bits per heavy atom. The Kier molecular flexibility index (Phi) is 3.01. The van der Waals surface area contributed by atoms with Crippen LogP contribution in [-0.2, 0) is 0 Å². The lowest BCUT2D eigenvalue weighted by Gasteiger charge is -2.15. The van der Waals surface area contributed by atoms with E-state index in [-0.39, 0.29) is 27.5 Å². The molecule has 0 spiro atoms. The molecule has 0 saturated carbocycles. The summed E-state index contributed by atoms with van der Waals surface area (Å²) in [7, 11) is 0. The summed E-state index contributed by atoms with van der Waals surface area (Å²) in [5.74, 6) is 0. The Hall–Kier alpha value is -6.84. The fourth-order valence-electron chi connectivity index (χ4n) is 7.00. The predicted octanol–water partition coefficient (Wildman–Crippen LogP) is 12.6. The number of hydrogen-bond acceptors (Lipinski definition) is 0. The molecule has 11 rings (SSSR count). The first-order valence-electron chi connectivity index (χ1n) is 26.7. The molecule has 0 bridgehead atoms. The summed E-state index contributed by atoms with van der Waals surface area (Å²) < 4.78 is 205. The summed E-state index contributed by atoms with van der Waals surface area (Å²) in [5.41, 5.74) is -2.01. The summed E-state index contributed by atoms with van der Waals surface area (Å²) >= 11 is 0. The SMILES string of the molecule is [2H]c1c([2H])c([2H])c2c(c1[2H])c1c([2H])c([2H])c([2H])c(-n3c4c([2H])c([2H])c([2H])c([2H])c4c4c(-n5c6c([2H])c([2H])c([2H])c([2H])c6c6c([2H])c([2H])c([2H])c([2H])c65)c([2H])c([2H])c([2H])c43)c1n2-c1ccc(-c2ccccc2)cc1. The van der Waals surface area contributed by atoms with Crippen LogP contribution in [0.1, 0.15) is 30.2 Å². The van der Waals surface area contributed by atoms with Gasteiger partial charge in [-0.15, -0.1) is 0 Å². The second kappa shape index (κ2) is 10.8. The first-order chi connectivity index (χ1) is 34.5. The van der Waals surface area contributed by atoms with Crippen LogP contribution in [0.25, 0.3) is 93.6 Å². The molecule has 3 nitrogen and oxygen atoms in total. The number of rotatable bonds is 4. The molecule has 0 N–H and O–H groups in total. The number of hydrogen-bond donors (Lipinski definition) is 0. The highest BCUT2D eigenvalue weighted by Gasteiger charge is 2.22. The predicted molar refractivity (Wildman–Crippen MR) is 215 cm³/mol. The van der Waals surface area contributed by atoms with Crippen LogP contribution in [0.5, 0.6) is 0 Å².